The third-order valence-corrected chi connectivity index (χ3v) is 7.60. The van der Waals surface area contributed by atoms with Gasteiger partial charge in [0.1, 0.15) is 11.6 Å². The monoisotopic (exact) mass is 524 g/mol. The molecule has 1 aliphatic rings. The summed E-state index contributed by atoms with van der Waals surface area (Å²) in [5.41, 5.74) is 1.73. The average molecular weight is 525 g/mol. The molecule has 0 saturated heterocycles. The van der Waals surface area contributed by atoms with E-state index in [0.29, 0.717) is 30.0 Å². The first kappa shape index (κ1) is 29.8. The molecule has 2 aromatic rings. The van der Waals surface area contributed by atoms with Gasteiger partial charge >= 0.3 is 0 Å². The Hall–Kier alpha value is -2.80. The quantitative estimate of drug-likeness (QED) is 0.437. The number of nitrogens with zero attached hydrogens (tertiary/aromatic N) is 3. The molecule has 7 heteroatoms. The Kier molecular flexibility index (Phi) is 8.71. The number of imidazole rings is 1. The minimum Gasteiger partial charge on any atom is -0.340 e. The largest absolute Gasteiger partial charge is 0.340 e. The Labute approximate surface area is 227 Å². The van der Waals surface area contributed by atoms with Gasteiger partial charge in [0.2, 0.25) is 0 Å². The smallest absolute Gasteiger partial charge is 0.272 e. The second kappa shape index (κ2) is 11.1. The molecule has 0 radical (unpaired) electrons. The van der Waals surface area contributed by atoms with Gasteiger partial charge in [-0.2, -0.15) is 0 Å². The Bertz CT molecular complexity index is 1200. The molecule has 1 aliphatic heterocycles. The topological polar surface area (TPSA) is 67.2 Å². The molecular weight excluding hydrogens is 479 g/mol. The standard InChI is InChI=1S/C31H45FN4O2/c1-11-21-12-13-22(16-23(21)32)28-33-25(24-18-35(10)20(3)17-36(24)28)29(38)34-27(31(7,8)9)26(37)19(2)14-15-30(4,5)6/h11-13,16,19-20,27H,1,14-15,17-18H2,2-10H3,(H,34,38). The van der Waals surface area contributed by atoms with Crippen LogP contribution in [-0.4, -0.2) is 45.3 Å². The van der Waals surface area contributed by atoms with Crippen molar-refractivity contribution in [2.75, 3.05) is 7.05 Å². The molecule has 0 spiro atoms. The first-order valence-corrected chi connectivity index (χ1v) is 13.6. The van der Waals surface area contributed by atoms with Gasteiger partial charge in [0, 0.05) is 36.2 Å². The van der Waals surface area contributed by atoms with E-state index in [1.54, 1.807) is 12.1 Å². The molecule has 1 aromatic carbocycles. The molecule has 3 atom stereocenters. The van der Waals surface area contributed by atoms with Crippen LogP contribution in [0.25, 0.3) is 17.5 Å². The first-order valence-electron chi connectivity index (χ1n) is 13.6. The molecular formula is C31H45FN4O2. The fourth-order valence-electron chi connectivity index (χ4n) is 4.86. The molecule has 1 aromatic heterocycles. The molecule has 3 rings (SSSR count). The van der Waals surface area contributed by atoms with Crippen LogP contribution in [0, 0.1) is 22.6 Å². The van der Waals surface area contributed by atoms with E-state index in [0.717, 1.165) is 18.5 Å². The molecule has 208 valence electrons. The van der Waals surface area contributed by atoms with E-state index >= 15 is 0 Å². The zero-order chi connectivity index (χ0) is 28.6. The third kappa shape index (κ3) is 6.60. The highest BCUT2D eigenvalue weighted by molar-refractivity contribution is 5.98. The average Bonchev–Trinajstić information content (AvgIpc) is 3.17. The van der Waals surface area contributed by atoms with Gasteiger partial charge in [0.15, 0.2) is 11.5 Å². The zero-order valence-corrected chi connectivity index (χ0v) is 24.6. The summed E-state index contributed by atoms with van der Waals surface area (Å²) in [6.07, 6.45) is 3.17. The normalized spacial score (nSPS) is 18.0. The van der Waals surface area contributed by atoms with Crippen molar-refractivity contribution in [2.24, 2.45) is 16.7 Å². The predicted molar refractivity (Wildman–Crippen MR) is 152 cm³/mol. The van der Waals surface area contributed by atoms with Crippen LogP contribution in [0.15, 0.2) is 24.8 Å². The second-order valence-electron chi connectivity index (χ2n) is 13.2. The molecule has 1 amide bonds. The molecule has 1 N–H and O–H groups in total. The molecule has 0 bridgehead atoms. The summed E-state index contributed by atoms with van der Waals surface area (Å²) in [6, 6.07) is 4.48. The third-order valence-electron chi connectivity index (χ3n) is 7.60. The number of likely N-dealkylation sites (N-methyl/N-ethyl adjacent to an activating group) is 1. The maximum absolute atomic E-state index is 14.6. The number of fused-ring (bicyclic) bond motifs is 1. The van der Waals surface area contributed by atoms with Gasteiger partial charge in [-0.1, -0.05) is 73.3 Å². The van der Waals surface area contributed by atoms with E-state index in [1.807, 2.05) is 39.3 Å². The number of hydrogen-bond acceptors (Lipinski definition) is 4. The summed E-state index contributed by atoms with van der Waals surface area (Å²) in [5.74, 6) is -0.344. The number of nitrogens with one attached hydrogen (secondary N) is 1. The molecule has 6 nitrogen and oxygen atoms in total. The van der Waals surface area contributed by atoms with Crippen LogP contribution in [-0.2, 0) is 17.9 Å². The van der Waals surface area contributed by atoms with Gasteiger partial charge < -0.3 is 9.88 Å². The highest BCUT2D eigenvalue weighted by Crippen LogP contribution is 2.31. The Morgan fingerprint density at radius 2 is 1.89 bits per heavy atom. The minimum absolute atomic E-state index is 0.0382. The zero-order valence-electron chi connectivity index (χ0n) is 24.6. The van der Waals surface area contributed by atoms with Crippen LogP contribution in [0.5, 0.6) is 0 Å². The van der Waals surface area contributed by atoms with Gasteiger partial charge in [0.05, 0.1) is 11.7 Å². The van der Waals surface area contributed by atoms with Crippen molar-refractivity contribution >= 4 is 17.8 Å². The summed E-state index contributed by atoms with van der Waals surface area (Å²) < 4.78 is 16.7. The fraction of sp³-hybridized carbons (Fsp3) is 0.581. The van der Waals surface area contributed by atoms with Gasteiger partial charge in [-0.05, 0) is 43.7 Å². The Morgan fingerprint density at radius 1 is 1.24 bits per heavy atom. The summed E-state index contributed by atoms with van der Waals surface area (Å²) >= 11 is 0. The molecule has 2 heterocycles. The number of carbonyl (C=O) groups is 2. The highest BCUT2D eigenvalue weighted by Gasteiger charge is 2.37. The van der Waals surface area contributed by atoms with Crippen molar-refractivity contribution in [1.29, 1.82) is 0 Å². The maximum atomic E-state index is 14.6. The van der Waals surface area contributed by atoms with Crippen LogP contribution in [0.4, 0.5) is 4.39 Å². The van der Waals surface area contributed by atoms with E-state index in [9.17, 15) is 14.0 Å². The van der Waals surface area contributed by atoms with Gasteiger partial charge in [-0.15, -0.1) is 0 Å². The first-order chi connectivity index (χ1) is 17.5. The van der Waals surface area contributed by atoms with Crippen LogP contribution in [0.3, 0.4) is 0 Å². The molecule has 38 heavy (non-hydrogen) atoms. The van der Waals surface area contributed by atoms with E-state index < -0.39 is 11.5 Å². The van der Waals surface area contributed by atoms with E-state index in [1.165, 1.54) is 12.1 Å². The van der Waals surface area contributed by atoms with Gasteiger partial charge in [0.25, 0.3) is 5.91 Å². The van der Waals surface area contributed by atoms with E-state index in [2.05, 4.69) is 44.5 Å². The lowest BCUT2D eigenvalue weighted by Gasteiger charge is -2.33. The summed E-state index contributed by atoms with van der Waals surface area (Å²) in [7, 11) is 2.01. The number of hydrogen-bond donors (Lipinski definition) is 1. The summed E-state index contributed by atoms with van der Waals surface area (Å²) in [5, 5.41) is 3.05. The lowest BCUT2D eigenvalue weighted by atomic mass is 9.78. The van der Waals surface area contributed by atoms with Crippen molar-refractivity contribution in [1.82, 2.24) is 19.8 Å². The van der Waals surface area contributed by atoms with E-state index in [-0.39, 0.29) is 40.6 Å². The van der Waals surface area contributed by atoms with E-state index in [4.69, 9.17) is 4.98 Å². The number of benzene rings is 1. The maximum Gasteiger partial charge on any atom is 0.272 e. The number of amides is 1. The van der Waals surface area contributed by atoms with Gasteiger partial charge in [-0.3, -0.25) is 14.5 Å². The van der Waals surface area contributed by atoms with Crippen LogP contribution >= 0.6 is 0 Å². The Morgan fingerprint density at radius 3 is 2.45 bits per heavy atom. The lowest BCUT2D eigenvalue weighted by molar-refractivity contribution is -0.127. The summed E-state index contributed by atoms with van der Waals surface area (Å²) in [4.78, 5) is 34.3. The van der Waals surface area contributed by atoms with Crippen molar-refractivity contribution in [2.45, 2.75) is 93.4 Å². The number of carbonyl (C=O) groups excluding carboxylic acids is 2. The lowest BCUT2D eigenvalue weighted by Crippen LogP contribution is -2.51. The highest BCUT2D eigenvalue weighted by atomic mass is 19.1. The number of aromatic nitrogens is 2. The number of rotatable bonds is 8. The Balaban J connectivity index is 1.98. The molecule has 3 unspecified atom stereocenters. The molecule has 0 fully saturated rings. The van der Waals surface area contributed by atoms with Crippen molar-refractivity contribution in [3.63, 3.8) is 0 Å². The molecule has 0 saturated carbocycles. The fourth-order valence-corrected chi connectivity index (χ4v) is 4.86. The minimum atomic E-state index is -0.657. The molecule has 0 aliphatic carbocycles. The predicted octanol–water partition coefficient (Wildman–Crippen LogP) is 6.34. The van der Waals surface area contributed by atoms with Gasteiger partial charge in [-0.25, -0.2) is 9.37 Å². The van der Waals surface area contributed by atoms with Crippen molar-refractivity contribution in [3.8, 4) is 11.4 Å². The van der Waals surface area contributed by atoms with Crippen molar-refractivity contribution < 1.29 is 14.0 Å². The number of Topliss-reactive ketones (excluding diaryl/α,β-unsaturated/α-hetero) is 1. The van der Waals surface area contributed by atoms with Crippen LogP contribution in [0.1, 0.15) is 90.0 Å². The summed E-state index contributed by atoms with van der Waals surface area (Å²) in [6.45, 7) is 21.3. The van der Waals surface area contributed by atoms with Crippen LogP contribution in [0.2, 0.25) is 0 Å². The van der Waals surface area contributed by atoms with Crippen LogP contribution < -0.4 is 5.32 Å². The second-order valence-corrected chi connectivity index (χ2v) is 13.2. The number of halogens is 1. The number of ketones is 1. The SMILES string of the molecule is C=Cc1ccc(-c2nc(C(=O)NC(C(=O)C(C)CCC(C)(C)C)C(C)(C)C)c3n2CC(C)N(C)C3)cc1F. The van der Waals surface area contributed by atoms with Crippen molar-refractivity contribution in [3.05, 3.63) is 47.5 Å².